The Hall–Kier alpha value is -1.83. The van der Waals surface area contributed by atoms with Gasteiger partial charge in [0.2, 0.25) is 5.91 Å². The Labute approximate surface area is 241 Å². The van der Waals surface area contributed by atoms with Gasteiger partial charge in [0.25, 0.3) is 5.91 Å². The van der Waals surface area contributed by atoms with E-state index in [2.05, 4.69) is 26.8 Å². The predicted molar refractivity (Wildman–Crippen MR) is 153 cm³/mol. The lowest BCUT2D eigenvalue weighted by Gasteiger charge is -2.49. The molecule has 39 heavy (non-hydrogen) atoms. The topological polar surface area (TPSA) is 86.9 Å². The van der Waals surface area contributed by atoms with Crippen molar-refractivity contribution < 1.29 is 19.1 Å². The molecule has 3 aliphatic rings. The van der Waals surface area contributed by atoms with Gasteiger partial charge in [0.1, 0.15) is 9.85 Å². The molecule has 0 unspecified atom stereocenters. The number of fused-ring (bicyclic) bond motifs is 1. The van der Waals surface area contributed by atoms with Crippen LogP contribution in [0.5, 0.6) is 0 Å². The van der Waals surface area contributed by atoms with Gasteiger partial charge in [-0.05, 0) is 70.8 Å². The quantitative estimate of drug-likeness (QED) is 0.440. The van der Waals surface area contributed by atoms with E-state index in [1.807, 2.05) is 23.6 Å². The van der Waals surface area contributed by atoms with Crippen LogP contribution in [-0.4, -0.2) is 66.8 Å². The molecule has 5 rings (SSSR count). The first kappa shape index (κ1) is 28.7. The lowest BCUT2D eigenvalue weighted by molar-refractivity contribution is -0.153. The number of piperazine rings is 1. The number of hydrogen-bond donors (Lipinski definition) is 1. The van der Waals surface area contributed by atoms with E-state index in [1.54, 1.807) is 13.0 Å². The molecule has 1 saturated heterocycles. The molecule has 0 atom stereocenters. The van der Waals surface area contributed by atoms with Crippen LogP contribution in [0.2, 0.25) is 0 Å². The van der Waals surface area contributed by atoms with Gasteiger partial charge >= 0.3 is 0 Å². The van der Waals surface area contributed by atoms with E-state index >= 15 is 0 Å². The van der Waals surface area contributed by atoms with Gasteiger partial charge in [0, 0.05) is 48.8 Å². The largest absolute Gasteiger partial charge is 0.449 e. The normalized spacial score (nSPS) is 27.5. The highest BCUT2D eigenvalue weighted by atomic mass is 35.5. The summed E-state index contributed by atoms with van der Waals surface area (Å²) >= 11 is 12.8. The molecule has 3 fully saturated rings. The summed E-state index contributed by atoms with van der Waals surface area (Å²) in [5.41, 5.74) is 1.85. The van der Waals surface area contributed by atoms with Crippen LogP contribution >= 0.6 is 23.2 Å². The molecule has 3 heterocycles. The minimum absolute atomic E-state index is 0.0697. The molecule has 1 N–H and O–H groups in total. The molecule has 1 aliphatic heterocycles. The molecule has 2 aromatic rings. The minimum atomic E-state index is -0.746. The second-order valence-corrected chi connectivity index (χ2v) is 15.6. The van der Waals surface area contributed by atoms with Crippen LogP contribution in [0.3, 0.4) is 0 Å². The fraction of sp³-hybridized carbons (Fsp3) is 0.700. The van der Waals surface area contributed by atoms with Gasteiger partial charge < -0.3 is 19.3 Å². The third-order valence-electron chi connectivity index (χ3n) is 8.83. The number of carbonyl (C=O) groups is 2. The van der Waals surface area contributed by atoms with Crippen molar-refractivity contribution in [2.45, 2.75) is 107 Å². The first-order valence-electron chi connectivity index (χ1n) is 14.1. The number of amides is 2. The molecule has 2 amide bonds. The highest BCUT2D eigenvalue weighted by Crippen LogP contribution is 2.45. The standard InChI is InChI=1S/C30H41Cl2N3O4/c1-27(2,3)20-13-21(18-7-9-30(31,32)10-8-18)33-22-14-23(39-24(20)22)26(37)35-12-11-34(17-28(35,4)5)25(36)19-15-29(6,38)16-19/h13-14,18-19,38H,7-12,15-17H2,1-6H3. The number of carbonyl (C=O) groups excluding carboxylic acids is 2. The van der Waals surface area contributed by atoms with Crippen molar-refractivity contribution in [2.24, 2.45) is 5.92 Å². The van der Waals surface area contributed by atoms with Crippen LogP contribution in [0.1, 0.15) is 108 Å². The number of hydrogen-bond acceptors (Lipinski definition) is 5. The summed E-state index contributed by atoms with van der Waals surface area (Å²) in [6.07, 6.45) is 4.18. The molecule has 0 bridgehead atoms. The molecule has 0 aromatic carbocycles. The Morgan fingerprint density at radius 2 is 1.72 bits per heavy atom. The van der Waals surface area contributed by atoms with E-state index in [9.17, 15) is 14.7 Å². The zero-order valence-corrected chi connectivity index (χ0v) is 25.5. The van der Waals surface area contributed by atoms with E-state index < -0.39 is 15.5 Å². The van der Waals surface area contributed by atoms with Crippen molar-refractivity contribution in [3.8, 4) is 0 Å². The number of aromatic nitrogens is 1. The minimum Gasteiger partial charge on any atom is -0.449 e. The molecule has 0 spiro atoms. The average Bonchev–Trinajstić information content (AvgIpc) is 3.24. The summed E-state index contributed by atoms with van der Waals surface area (Å²) in [4.78, 5) is 35.4. The summed E-state index contributed by atoms with van der Waals surface area (Å²) in [7, 11) is 0. The van der Waals surface area contributed by atoms with Crippen LogP contribution < -0.4 is 0 Å². The molecular weight excluding hydrogens is 537 g/mol. The van der Waals surface area contributed by atoms with Gasteiger partial charge in [0.05, 0.1) is 11.1 Å². The molecule has 214 valence electrons. The SMILES string of the molecule is CC1(O)CC(C(=O)N2CCN(C(=O)c3cc4nc(C5CCC(Cl)(Cl)CC5)cc(C(C)(C)C)c4o3)C(C)(C)C2)C1. The fourth-order valence-electron chi connectivity index (χ4n) is 6.54. The Morgan fingerprint density at radius 1 is 1.08 bits per heavy atom. The second kappa shape index (κ2) is 9.63. The van der Waals surface area contributed by atoms with E-state index in [4.69, 9.17) is 32.6 Å². The maximum absolute atomic E-state index is 13.8. The van der Waals surface area contributed by atoms with E-state index in [0.29, 0.717) is 43.6 Å². The Kier molecular flexibility index (Phi) is 7.08. The Bertz CT molecular complexity index is 1280. The number of furan rings is 1. The van der Waals surface area contributed by atoms with Crippen molar-refractivity contribution in [3.05, 3.63) is 29.2 Å². The maximum Gasteiger partial charge on any atom is 0.290 e. The Morgan fingerprint density at radius 3 is 2.28 bits per heavy atom. The van der Waals surface area contributed by atoms with Crippen LogP contribution in [0.15, 0.2) is 16.5 Å². The van der Waals surface area contributed by atoms with Crippen LogP contribution in [0.4, 0.5) is 0 Å². The van der Waals surface area contributed by atoms with E-state index in [-0.39, 0.29) is 34.8 Å². The zero-order chi connectivity index (χ0) is 28.5. The van der Waals surface area contributed by atoms with Crippen molar-refractivity contribution >= 4 is 46.1 Å². The maximum atomic E-state index is 13.8. The highest BCUT2D eigenvalue weighted by molar-refractivity contribution is 6.48. The number of aliphatic hydroxyl groups is 1. The van der Waals surface area contributed by atoms with Gasteiger partial charge in [-0.25, -0.2) is 4.98 Å². The summed E-state index contributed by atoms with van der Waals surface area (Å²) in [6.45, 7) is 13.5. The molecule has 2 saturated carbocycles. The first-order chi connectivity index (χ1) is 18.0. The van der Waals surface area contributed by atoms with Gasteiger partial charge in [-0.3, -0.25) is 9.59 Å². The van der Waals surface area contributed by atoms with Crippen molar-refractivity contribution in [1.29, 1.82) is 0 Å². The van der Waals surface area contributed by atoms with E-state index in [0.717, 1.165) is 36.9 Å². The third kappa shape index (κ3) is 5.69. The number of halogens is 2. The summed E-state index contributed by atoms with van der Waals surface area (Å²) in [5, 5.41) is 10.1. The molecule has 2 aliphatic carbocycles. The highest BCUT2D eigenvalue weighted by Gasteiger charge is 2.47. The van der Waals surface area contributed by atoms with Gasteiger partial charge in [-0.2, -0.15) is 0 Å². The molecule has 7 nitrogen and oxygen atoms in total. The first-order valence-corrected chi connectivity index (χ1v) is 14.9. The predicted octanol–water partition coefficient (Wildman–Crippen LogP) is 6.18. The lowest BCUT2D eigenvalue weighted by Crippen LogP contribution is -2.63. The summed E-state index contributed by atoms with van der Waals surface area (Å²) in [5.74, 6) is 0.273. The number of alkyl halides is 2. The van der Waals surface area contributed by atoms with Crippen LogP contribution in [0, 0.1) is 5.92 Å². The summed E-state index contributed by atoms with van der Waals surface area (Å²) < 4.78 is 5.60. The fourth-order valence-corrected chi connectivity index (χ4v) is 6.97. The van der Waals surface area contributed by atoms with Gasteiger partial charge in [-0.1, -0.05) is 20.8 Å². The van der Waals surface area contributed by atoms with Gasteiger partial charge in [-0.15, -0.1) is 23.2 Å². The van der Waals surface area contributed by atoms with Gasteiger partial charge in [0.15, 0.2) is 11.3 Å². The summed E-state index contributed by atoms with van der Waals surface area (Å²) in [6, 6.07) is 3.91. The Balaban J connectivity index is 1.38. The number of nitrogens with zero attached hydrogens (tertiary/aromatic N) is 3. The third-order valence-corrected chi connectivity index (χ3v) is 9.59. The second-order valence-electron chi connectivity index (χ2n) is 13.9. The van der Waals surface area contributed by atoms with E-state index in [1.165, 1.54) is 0 Å². The van der Waals surface area contributed by atoms with Crippen LogP contribution in [0.25, 0.3) is 11.1 Å². The molecule has 2 aromatic heterocycles. The smallest absolute Gasteiger partial charge is 0.290 e. The average molecular weight is 579 g/mol. The monoisotopic (exact) mass is 577 g/mol. The molecule has 0 radical (unpaired) electrons. The number of pyridine rings is 1. The van der Waals surface area contributed by atoms with Crippen molar-refractivity contribution in [2.75, 3.05) is 19.6 Å². The van der Waals surface area contributed by atoms with Crippen molar-refractivity contribution in [1.82, 2.24) is 14.8 Å². The molecular formula is C30H41Cl2N3O4. The lowest BCUT2D eigenvalue weighted by atomic mass is 9.71. The molecule has 9 heteroatoms. The zero-order valence-electron chi connectivity index (χ0n) is 23.9. The van der Waals surface area contributed by atoms with Crippen molar-refractivity contribution in [3.63, 3.8) is 0 Å². The van der Waals surface area contributed by atoms with Crippen LogP contribution in [-0.2, 0) is 10.2 Å². The number of rotatable bonds is 3.